The molecular weight excluding hydrogens is 478 g/mol. The minimum absolute atomic E-state index is 0.0177. The molecule has 38 heavy (non-hydrogen) atoms. The fourth-order valence-electron chi connectivity index (χ4n) is 5.80. The van der Waals surface area contributed by atoms with Crippen LogP contribution in [-0.2, 0) is 0 Å². The number of piperidine rings is 1. The monoisotopic (exact) mass is 519 g/mol. The third-order valence-corrected chi connectivity index (χ3v) is 8.74. The highest BCUT2D eigenvalue weighted by Crippen LogP contribution is 2.54. The van der Waals surface area contributed by atoms with Gasteiger partial charge in [-0.2, -0.15) is 0 Å². The fourth-order valence-corrected chi connectivity index (χ4v) is 5.80. The van der Waals surface area contributed by atoms with Crippen molar-refractivity contribution < 1.29 is 9.90 Å². The molecule has 4 heterocycles. The second kappa shape index (κ2) is 10.0. The zero-order chi connectivity index (χ0) is 26.3. The van der Waals surface area contributed by atoms with Gasteiger partial charge in [0.25, 0.3) is 5.91 Å². The lowest BCUT2D eigenvalue weighted by Gasteiger charge is -2.35. The molecule has 6 rings (SSSR count). The minimum atomic E-state index is -0.511. The van der Waals surface area contributed by atoms with Gasteiger partial charge in [0.15, 0.2) is 0 Å². The van der Waals surface area contributed by atoms with Crippen LogP contribution in [0.25, 0.3) is 0 Å². The van der Waals surface area contributed by atoms with E-state index in [-0.39, 0.29) is 12.5 Å². The third kappa shape index (κ3) is 5.59. The Morgan fingerprint density at radius 1 is 0.947 bits per heavy atom. The van der Waals surface area contributed by atoms with Crippen LogP contribution in [0.1, 0.15) is 62.7 Å². The third-order valence-electron chi connectivity index (χ3n) is 8.74. The van der Waals surface area contributed by atoms with Crippen LogP contribution in [0.15, 0.2) is 30.3 Å². The maximum atomic E-state index is 13.6. The molecule has 4 fully saturated rings. The Kier molecular flexibility index (Phi) is 6.68. The van der Waals surface area contributed by atoms with Gasteiger partial charge in [-0.3, -0.25) is 9.69 Å². The summed E-state index contributed by atoms with van der Waals surface area (Å²) in [6.45, 7) is 9.71. The summed E-state index contributed by atoms with van der Waals surface area (Å²) in [7, 11) is 0. The van der Waals surface area contributed by atoms with Gasteiger partial charge >= 0.3 is 0 Å². The minimum Gasteiger partial charge on any atom is -0.394 e. The molecule has 2 aromatic heterocycles. The number of nitrogens with zero attached hydrogens (tertiary/aromatic N) is 5. The maximum Gasteiger partial charge on any atom is 0.260 e. The van der Waals surface area contributed by atoms with Gasteiger partial charge in [0, 0.05) is 45.3 Å². The van der Waals surface area contributed by atoms with E-state index in [1.807, 2.05) is 44.2 Å². The smallest absolute Gasteiger partial charge is 0.260 e. The molecule has 4 aliphatic rings. The molecule has 0 aromatic carbocycles. The Morgan fingerprint density at radius 2 is 1.68 bits per heavy atom. The Bertz CT molecular complexity index is 1160. The van der Waals surface area contributed by atoms with Crippen LogP contribution in [-0.4, -0.2) is 83.3 Å². The number of piperazine rings is 1. The highest BCUT2D eigenvalue weighted by atomic mass is 16.3. The second-order valence-electron chi connectivity index (χ2n) is 12.3. The largest absolute Gasteiger partial charge is 0.394 e. The lowest BCUT2D eigenvalue weighted by Crippen LogP contribution is -2.47. The number of anilines is 4. The Balaban J connectivity index is 1.19. The van der Waals surface area contributed by atoms with Crippen LogP contribution in [0.3, 0.4) is 0 Å². The highest BCUT2D eigenvalue weighted by Gasteiger charge is 2.45. The number of hydrogen-bond donors (Lipinski definition) is 3. The first-order valence-corrected chi connectivity index (χ1v) is 14.3. The van der Waals surface area contributed by atoms with E-state index in [2.05, 4.69) is 25.3 Å². The Labute approximate surface area is 225 Å². The average molecular weight is 520 g/mol. The van der Waals surface area contributed by atoms with E-state index in [1.165, 1.54) is 25.7 Å². The van der Waals surface area contributed by atoms with Crippen molar-refractivity contribution in [3.05, 3.63) is 35.9 Å². The fraction of sp³-hybridized carbons (Fsp3) is 0.621. The number of rotatable bonds is 8. The van der Waals surface area contributed by atoms with Crippen LogP contribution in [0.2, 0.25) is 0 Å². The van der Waals surface area contributed by atoms with Crippen molar-refractivity contribution in [2.24, 2.45) is 5.41 Å². The summed E-state index contributed by atoms with van der Waals surface area (Å²) >= 11 is 0. The van der Waals surface area contributed by atoms with Crippen LogP contribution in [0.4, 0.5) is 23.3 Å². The number of aliphatic hydroxyl groups excluding tert-OH is 1. The lowest BCUT2D eigenvalue weighted by atomic mass is 9.93. The Morgan fingerprint density at radius 3 is 2.34 bits per heavy atom. The van der Waals surface area contributed by atoms with Crippen molar-refractivity contribution in [3.63, 3.8) is 0 Å². The molecule has 3 N–H and O–H groups in total. The first-order valence-electron chi connectivity index (χ1n) is 14.3. The van der Waals surface area contributed by atoms with Gasteiger partial charge in [-0.15, -0.1) is 0 Å². The number of hydrogen-bond acceptors (Lipinski definition) is 8. The molecule has 2 saturated heterocycles. The molecule has 2 saturated carbocycles. The molecule has 1 spiro atoms. The zero-order valence-corrected chi connectivity index (χ0v) is 22.7. The Hall–Kier alpha value is -2.91. The van der Waals surface area contributed by atoms with E-state index in [4.69, 9.17) is 9.97 Å². The van der Waals surface area contributed by atoms with Crippen molar-refractivity contribution in [2.75, 3.05) is 66.3 Å². The summed E-state index contributed by atoms with van der Waals surface area (Å²) in [6.07, 6.45) is 7.62. The average Bonchev–Trinajstić information content (AvgIpc) is 3.87. The van der Waals surface area contributed by atoms with Gasteiger partial charge in [0.1, 0.15) is 23.3 Å². The van der Waals surface area contributed by atoms with Gasteiger partial charge < -0.3 is 25.5 Å². The second-order valence-corrected chi connectivity index (χ2v) is 12.3. The first kappa shape index (κ1) is 25.4. The van der Waals surface area contributed by atoms with E-state index in [0.29, 0.717) is 28.4 Å². The van der Waals surface area contributed by atoms with Crippen LogP contribution >= 0.6 is 0 Å². The zero-order valence-electron chi connectivity index (χ0n) is 22.7. The van der Waals surface area contributed by atoms with Crippen LogP contribution < -0.4 is 20.4 Å². The van der Waals surface area contributed by atoms with E-state index >= 15 is 0 Å². The summed E-state index contributed by atoms with van der Waals surface area (Å²) in [5, 5.41) is 16.1. The predicted molar refractivity (Wildman–Crippen MR) is 151 cm³/mol. The number of nitrogens with one attached hydrogen (secondary N) is 2. The lowest BCUT2D eigenvalue weighted by molar-refractivity contribution is 0.102. The quantitative estimate of drug-likeness (QED) is 0.487. The number of carbonyl (C=O) groups excluding carboxylic acids is 1. The number of pyridine rings is 2. The molecule has 2 aliphatic carbocycles. The van der Waals surface area contributed by atoms with Crippen molar-refractivity contribution in [3.8, 4) is 0 Å². The van der Waals surface area contributed by atoms with E-state index in [1.54, 1.807) is 0 Å². The van der Waals surface area contributed by atoms with Crippen molar-refractivity contribution in [1.82, 2.24) is 14.9 Å². The molecule has 0 bridgehead atoms. The molecule has 0 atom stereocenters. The molecule has 0 radical (unpaired) electrons. The summed E-state index contributed by atoms with van der Waals surface area (Å²) in [5.74, 6) is 2.63. The van der Waals surface area contributed by atoms with Crippen LogP contribution in [0, 0.1) is 5.41 Å². The maximum absolute atomic E-state index is 13.6. The molecule has 1 amide bonds. The number of aromatic nitrogens is 2. The SMILES string of the molecule is CC(C)(CO)Nc1ccc(C(=O)Nc2cccc(N3CCN(C4CC4)CC3)n2)c(N2CCC3(CC2)CC3)n1. The molecule has 2 aliphatic heterocycles. The molecule has 9 heteroatoms. The van der Waals surface area contributed by atoms with Gasteiger partial charge in [0.05, 0.1) is 17.7 Å². The number of aliphatic hydroxyl groups is 1. The summed E-state index contributed by atoms with van der Waals surface area (Å²) in [6, 6.07) is 10.3. The normalized spacial score (nSPS) is 21.4. The number of amides is 1. The first-order chi connectivity index (χ1) is 18.3. The van der Waals surface area contributed by atoms with Gasteiger partial charge in [0.2, 0.25) is 0 Å². The van der Waals surface area contributed by atoms with Gasteiger partial charge in [-0.1, -0.05) is 6.07 Å². The predicted octanol–water partition coefficient (Wildman–Crippen LogP) is 3.58. The standard InChI is InChI=1S/C29H41N7O2/c1-28(2,20-37)33-24-9-8-22(26(31-24)36-14-12-29(10-11-29)13-15-36)27(38)32-23-4-3-5-25(30-23)35-18-16-34(17-19-35)21-6-7-21/h3-5,8-9,21,37H,6-7,10-20H2,1-2H3,(H,31,33)(H,30,32,38). The van der Waals surface area contributed by atoms with Crippen molar-refractivity contribution in [1.29, 1.82) is 0 Å². The molecule has 204 valence electrons. The van der Waals surface area contributed by atoms with Gasteiger partial charge in [-0.25, -0.2) is 9.97 Å². The molecular formula is C29H41N7O2. The summed E-state index contributed by atoms with van der Waals surface area (Å²) in [5.41, 5.74) is 0.569. The number of carbonyl (C=O) groups is 1. The summed E-state index contributed by atoms with van der Waals surface area (Å²) < 4.78 is 0. The molecule has 0 unspecified atom stereocenters. The van der Waals surface area contributed by atoms with E-state index in [0.717, 1.165) is 64.0 Å². The van der Waals surface area contributed by atoms with Gasteiger partial charge in [-0.05, 0) is 82.1 Å². The molecule has 2 aromatic rings. The van der Waals surface area contributed by atoms with Crippen LogP contribution in [0.5, 0.6) is 0 Å². The topological polar surface area (TPSA) is 96.9 Å². The summed E-state index contributed by atoms with van der Waals surface area (Å²) in [4.78, 5) is 30.4. The van der Waals surface area contributed by atoms with Crippen molar-refractivity contribution in [2.45, 2.75) is 64.0 Å². The van der Waals surface area contributed by atoms with E-state index < -0.39 is 5.54 Å². The van der Waals surface area contributed by atoms with Crippen molar-refractivity contribution >= 4 is 29.2 Å². The van der Waals surface area contributed by atoms with E-state index in [9.17, 15) is 9.90 Å². The highest BCUT2D eigenvalue weighted by molar-refractivity contribution is 6.07. The molecule has 9 nitrogen and oxygen atoms in total.